The molecule has 2 aromatic rings. The first-order valence-corrected chi connectivity index (χ1v) is 7.57. The Kier molecular flexibility index (Phi) is 4.20. The Balaban J connectivity index is 1.82. The van der Waals surface area contributed by atoms with Crippen LogP contribution in [-0.2, 0) is 19.3 Å². The molecule has 21 heavy (non-hydrogen) atoms. The molecule has 0 fully saturated rings. The molecule has 2 N–H and O–H groups in total. The quantitative estimate of drug-likeness (QED) is 0.939. The molecule has 0 saturated heterocycles. The lowest BCUT2D eigenvalue weighted by molar-refractivity contribution is 0.623. The summed E-state index contributed by atoms with van der Waals surface area (Å²) in [5.74, 6) is -0.169. The largest absolute Gasteiger partial charge is 0.371 e. The van der Waals surface area contributed by atoms with Crippen LogP contribution in [-0.4, -0.2) is 19.6 Å². The number of rotatable bonds is 3. The first kappa shape index (κ1) is 14.1. The molecule has 0 amide bonds. The van der Waals surface area contributed by atoms with Crippen LogP contribution < -0.4 is 10.6 Å². The van der Waals surface area contributed by atoms with E-state index in [0.29, 0.717) is 6.54 Å². The smallest absolute Gasteiger partial charge is 0.125 e. The standard InChI is InChI=1S/C18H21FN2/c19-17-11-14(5-8-20)12-18(13-17)21-9-6-15-3-1-2-4-16(15)7-10-21/h1-4,11-13H,5-10,20H2. The molecule has 1 aliphatic rings. The molecule has 2 nitrogen and oxygen atoms in total. The van der Waals surface area contributed by atoms with Gasteiger partial charge in [0.05, 0.1) is 0 Å². The Morgan fingerprint density at radius 3 is 2.29 bits per heavy atom. The molecular weight excluding hydrogens is 263 g/mol. The summed E-state index contributed by atoms with van der Waals surface area (Å²) in [5, 5.41) is 0. The molecule has 1 aliphatic heterocycles. The van der Waals surface area contributed by atoms with Gasteiger partial charge in [0, 0.05) is 18.8 Å². The van der Waals surface area contributed by atoms with Gasteiger partial charge in [-0.1, -0.05) is 24.3 Å². The van der Waals surface area contributed by atoms with Gasteiger partial charge in [-0.15, -0.1) is 0 Å². The monoisotopic (exact) mass is 284 g/mol. The van der Waals surface area contributed by atoms with Gasteiger partial charge in [-0.3, -0.25) is 0 Å². The fourth-order valence-electron chi connectivity index (χ4n) is 3.05. The van der Waals surface area contributed by atoms with E-state index in [-0.39, 0.29) is 5.82 Å². The van der Waals surface area contributed by atoms with E-state index >= 15 is 0 Å². The summed E-state index contributed by atoms with van der Waals surface area (Å²) < 4.78 is 13.8. The minimum absolute atomic E-state index is 0.169. The Morgan fingerprint density at radius 2 is 1.67 bits per heavy atom. The van der Waals surface area contributed by atoms with Crippen LogP contribution in [0.2, 0.25) is 0 Å². The second-order valence-electron chi connectivity index (χ2n) is 5.61. The lowest BCUT2D eigenvalue weighted by atomic mass is 10.0. The van der Waals surface area contributed by atoms with Crippen molar-refractivity contribution in [2.24, 2.45) is 5.73 Å². The summed E-state index contributed by atoms with van der Waals surface area (Å²) in [6.45, 7) is 2.42. The SMILES string of the molecule is NCCc1cc(F)cc(N2CCc3ccccc3CC2)c1. The molecule has 0 spiro atoms. The zero-order valence-electron chi connectivity index (χ0n) is 12.2. The predicted molar refractivity (Wildman–Crippen MR) is 85.2 cm³/mol. The van der Waals surface area contributed by atoms with Crippen molar-refractivity contribution in [2.75, 3.05) is 24.5 Å². The molecule has 0 radical (unpaired) electrons. The molecule has 110 valence electrons. The highest BCUT2D eigenvalue weighted by molar-refractivity contribution is 5.50. The molecule has 0 aromatic heterocycles. The van der Waals surface area contributed by atoms with Crippen LogP contribution in [0, 0.1) is 5.82 Å². The maximum atomic E-state index is 13.8. The van der Waals surface area contributed by atoms with Crippen molar-refractivity contribution < 1.29 is 4.39 Å². The van der Waals surface area contributed by atoms with Gasteiger partial charge < -0.3 is 10.6 Å². The second-order valence-corrected chi connectivity index (χ2v) is 5.61. The third kappa shape index (κ3) is 3.24. The zero-order valence-corrected chi connectivity index (χ0v) is 12.2. The topological polar surface area (TPSA) is 29.3 Å². The van der Waals surface area contributed by atoms with Crippen LogP contribution in [0.4, 0.5) is 10.1 Å². The van der Waals surface area contributed by atoms with Crippen molar-refractivity contribution >= 4 is 5.69 Å². The minimum Gasteiger partial charge on any atom is -0.371 e. The highest BCUT2D eigenvalue weighted by atomic mass is 19.1. The van der Waals surface area contributed by atoms with Crippen LogP contribution in [0.15, 0.2) is 42.5 Å². The number of nitrogens with two attached hydrogens (primary N) is 1. The van der Waals surface area contributed by atoms with Crippen LogP contribution in [0.5, 0.6) is 0 Å². The molecule has 0 saturated carbocycles. The summed E-state index contributed by atoms with van der Waals surface area (Å²) in [7, 11) is 0. The van der Waals surface area contributed by atoms with E-state index in [9.17, 15) is 4.39 Å². The fraction of sp³-hybridized carbons (Fsp3) is 0.333. The van der Waals surface area contributed by atoms with Crippen LogP contribution in [0.1, 0.15) is 16.7 Å². The average molecular weight is 284 g/mol. The highest BCUT2D eigenvalue weighted by Crippen LogP contribution is 2.23. The van der Waals surface area contributed by atoms with E-state index in [4.69, 9.17) is 5.73 Å². The molecule has 1 heterocycles. The molecule has 0 atom stereocenters. The predicted octanol–water partition coefficient (Wildman–Crippen LogP) is 2.93. The Labute approximate surface area is 125 Å². The number of anilines is 1. The molecule has 0 bridgehead atoms. The van der Waals surface area contributed by atoms with Crippen molar-refractivity contribution in [1.82, 2.24) is 0 Å². The summed E-state index contributed by atoms with van der Waals surface area (Å²) in [6.07, 6.45) is 2.75. The minimum atomic E-state index is -0.169. The first-order valence-electron chi connectivity index (χ1n) is 7.57. The molecule has 0 aliphatic carbocycles. The van der Waals surface area contributed by atoms with Crippen molar-refractivity contribution in [2.45, 2.75) is 19.3 Å². The lowest BCUT2D eigenvalue weighted by Gasteiger charge is -2.23. The highest BCUT2D eigenvalue weighted by Gasteiger charge is 2.15. The molecular formula is C18H21FN2. The summed E-state index contributed by atoms with van der Waals surface area (Å²) in [4.78, 5) is 2.28. The van der Waals surface area contributed by atoms with Crippen LogP contribution in [0.3, 0.4) is 0 Å². The fourth-order valence-corrected chi connectivity index (χ4v) is 3.05. The maximum absolute atomic E-state index is 13.8. The van der Waals surface area contributed by atoms with E-state index in [1.165, 1.54) is 11.1 Å². The number of fused-ring (bicyclic) bond motifs is 1. The maximum Gasteiger partial charge on any atom is 0.125 e. The van der Waals surface area contributed by atoms with Crippen LogP contribution >= 0.6 is 0 Å². The van der Waals surface area contributed by atoms with Gasteiger partial charge in [-0.05, 0) is 60.7 Å². The third-order valence-electron chi connectivity index (χ3n) is 4.16. The second kappa shape index (κ2) is 6.27. The lowest BCUT2D eigenvalue weighted by Crippen LogP contribution is -2.26. The number of hydrogen-bond donors (Lipinski definition) is 1. The number of hydrogen-bond acceptors (Lipinski definition) is 2. The van der Waals surface area contributed by atoms with Gasteiger partial charge in [-0.2, -0.15) is 0 Å². The average Bonchev–Trinajstić information content (AvgIpc) is 2.69. The Morgan fingerprint density at radius 1 is 1.00 bits per heavy atom. The number of halogens is 1. The first-order chi connectivity index (χ1) is 10.3. The van der Waals surface area contributed by atoms with Gasteiger partial charge in [-0.25, -0.2) is 4.39 Å². The van der Waals surface area contributed by atoms with E-state index in [0.717, 1.165) is 43.6 Å². The number of nitrogens with zero attached hydrogens (tertiary/aromatic N) is 1. The molecule has 3 rings (SSSR count). The molecule has 3 heteroatoms. The van der Waals surface area contributed by atoms with Crippen molar-refractivity contribution in [3.63, 3.8) is 0 Å². The normalized spacial score (nSPS) is 14.7. The third-order valence-corrected chi connectivity index (χ3v) is 4.16. The van der Waals surface area contributed by atoms with E-state index < -0.39 is 0 Å². The van der Waals surface area contributed by atoms with Gasteiger partial charge in [0.15, 0.2) is 0 Å². The zero-order chi connectivity index (χ0) is 14.7. The van der Waals surface area contributed by atoms with Crippen molar-refractivity contribution in [3.8, 4) is 0 Å². The number of benzene rings is 2. The van der Waals surface area contributed by atoms with Gasteiger partial charge in [0.25, 0.3) is 0 Å². The summed E-state index contributed by atoms with van der Waals surface area (Å²) >= 11 is 0. The van der Waals surface area contributed by atoms with Crippen molar-refractivity contribution in [3.05, 3.63) is 65.0 Å². The summed E-state index contributed by atoms with van der Waals surface area (Å²) in [6, 6.07) is 13.9. The molecule has 2 aromatic carbocycles. The van der Waals surface area contributed by atoms with Gasteiger partial charge in [0.1, 0.15) is 5.82 Å². The van der Waals surface area contributed by atoms with E-state index in [1.807, 2.05) is 0 Å². The van der Waals surface area contributed by atoms with Crippen LogP contribution in [0.25, 0.3) is 0 Å². The van der Waals surface area contributed by atoms with E-state index in [2.05, 4.69) is 35.2 Å². The van der Waals surface area contributed by atoms with E-state index in [1.54, 1.807) is 12.1 Å². The Bertz CT molecular complexity index is 597. The van der Waals surface area contributed by atoms with Crippen molar-refractivity contribution in [1.29, 1.82) is 0 Å². The van der Waals surface area contributed by atoms with Gasteiger partial charge >= 0.3 is 0 Å². The van der Waals surface area contributed by atoms with Gasteiger partial charge in [0.2, 0.25) is 0 Å². The molecule has 0 unspecified atom stereocenters. The summed E-state index contributed by atoms with van der Waals surface area (Å²) in [5.41, 5.74) is 10.4. The Hall–Kier alpha value is -1.87.